The van der Waals surface area contributed by atoms with E-state index < -0.39 is 34.4 Å². The molecule has 6 nitrogen and oxygen atoms in total. The molecule has 0 radical (unpaired) electrons. The lowest BCUT2D eigenvalue weighted by Crippen LogP contribution is -2.17. The molecule has 0 bridgehead atoms. The van der Waals surface area contributed by atoms with Gasteiger partial charge >= 0.3 is 12.1 Å². The van der Waals surface area contributed by atoms with Crippen molar-refractivity contribution in [1.29, 1.82) is 0 Å². The van der Waals surface area contributed by atoms with Crippen molar-refractivity contribution < 1.29 is 27.3 Å². The van der Waals surface area contributed by atoms with E-state index in [9.17, 15) is 22.2 Å². The van der Waals surface area contributed by atoms with Gasteiger partial charge in [0, 0.05) is 10.8 Å². The van der Waals surface area contributed by atoms with Gasteiger partial charge in [-0.05, 0) is 18.2 Å². The first-order valence-corrected chi connectivity index (χ1v) is 8.07. The lowest BCUT2D eigenvalue weighted by molar-refractivity contribution is -0.143. The lowest BCUT2D eigenvalue weighted by Gasteiger charge is -2.14. The summed E-state index contributed by atoms with van der Waals surface area (Å²) >= 11 is 0. The van der Waals surface area contributed by atoms with Crippen LogP contribution >= 0.6 is 0 Å². The van der Waals surface area contributed by atoms with Crippen molar-refractivity contribution >= 4 is 33.4 Å². The van der Waals surface area contributed by atoms with Crippen LogP contribution in [0.25, 0.3) is 16.5 Å². The maximum absolute atomic E-state index is 13.4. The van der Waals surface area contributed by atoms with E-state index in [4.69, 9.17) is 5.11 Å². The van der Waals surface area contributed by atoms with E-state index in [1.165, 1.54) is 12.1 Å². The van der Waals surface area contributed by atoms with Crippen molar-refractivity contribution in [1.82, 2.24) is 9.78 Å². The molecule has 4 rings (SSSR count). The van der Waals surface area contributed by atoms with Gasteiger partial charge in [0.2, 0.25) is 0 Å². The number of halogens is 3. The van der Waals surface area contributed by atoms with Gasteiger partial charge in [-0.3, -0.25) is 0 Å². The number of rotatable bonds is 2. The Morgan fingerprint density at radius 3 is 2.68 bits per heavy atom. The van der Waals surface area contributed by atoms with Crippen LogP contribution in [0.1, 0.15) is 16.1 Å². The van der Waals surface area contributed by atoms with Gasteiger partial charge < -0.3 is 9.83 Å². The molecular weight excluding hydrogens is 359 g/mol. The first-order valence-electron chi connectivity index (χ1n) is 6.92. The Bertz CT molecular complexity index is 1080. The SMILES string of the molecule is O=C(O)c1cnn(-c2ccc3c4c(cccc24)S(=O)N3)c1C(F)(F)F. The molecule has 1 aliphatic rings. The van der Waals surface area contributed by atoms with E-state index in [2.05, 4.69) is 9.82 Å². The summed E-state index contributed by atoms with van der Waals surface area (Å²) in [5.74, 6) is -1.72. The lowest BCUT2D eigenvalue weighted by atomic mass is 10.1. The third kappa shape index (κ3) is 2.21. The molecule has 1 aliphatic heterocycles. The van der Waals surface area contributed by atoms with Crippen LogP contribution < -0.4 is 4.72 Å². The first-order chi connectivity index (χ1) is 11.8. The molecule has 0 saturated carbocycles. The van der Waals surface area contributed by atoms with Gasteiger partial charge in [-0.15, -0.1) is 0 Å². The molecule has 128 valence electrons. The molecule has 1 aromatic heterocycles. The molecule has 1 unspecified atom stereocenters. The normalized spacial score (nSPS) is 16.2. The molecule has 0 saturated heterocycles. The molecule has 2 aromatic carbocycles. The molecule has 0 amide bonds. The van der Waals surface area contributed by atoms with Crippen LogP contribution in [0.5, 0.6) is 0 Å². The number of hydrogen-bond acceptors (Lipinski definition) is 3. The van der Waals surface area contributed by atoms with Gasteiger partial charge in [0.05, 0.1) is 22.5 Å². The van der Waals surface area contributed by atoms with Gasteiger partial charge in [-0.25, -0.2) is 13.7 Å². The smallest absolute Gasteiger partial charge is 0.434 e. The summed E-state index contributed by atoms with van der Waals surface area (Å²) in [6.07, 6.45) is -4.24. The highest BCUT2D eigenvalue weighted by atomic mass is 32.2. The van der Waals surface area contributed by atoms with Gasteiger partial charge in [-0.2, -0.15) is 18.3 Å². The molecule has 0 aliphatic carbocycles. The molecule has 25 heavy (non-hydrogen) atoms. The van der Waals surface area contributed by atoms with Crippen LogP contribution in [0.3, 0.4) is 0 Å². The number of nitrogens with one attached hydrogen (secondary N) is 1. The summed E-state index contributed by atoms with van der Waals surface area (Å²) in [7, 11) is -1.49. The number of anilines is 1. The highest BCUT2D eigenvalue weighted by molar-refractivity contribution is 7.87. The van der Waals surface area contributed by atoms with Crippen LogP contribution in [0, 0.1) is 0 Å². The predicted molar refractivity (Wildman–Crippen MR) is 83.1 cm³/mol. The van der Waals surface area contributed by atoms with Crippen molar-refractivity contribution in [2.45, 2.75) is 11.1 Å². The van der Waals surface area contributed by atoms with Crippen LogP contribution in [0.15, 0.2) is 41.4 Å². The molecule has 2 heterocycles. The first kappa shape index (κ1) is 15.6. The van der Waals surface area contributed by atoms with Gasteiger partial charge in [0.25, 0.3) is 0 Å². The second-order valence-corrected chi connectivity index (χ2v) is 6.48. The third-order valence-corrected chi connectivity index (χ3v) is 5.02. The second-order valence-electron chi connectivity index (χ2n) is 5.30. The summed E-state index contributed by atoms with van der Waals surface area (Å²) < 4.78 is 55.6. The van der Waals surface area contributed by atoms with Gasteiger partial charge in [-0.1, -0.05) is 12.1 Å². The minimum atomic E-state index is -4.91. The molecule has 1 atom stereocenters. The van der Waals surface area contributed by atoms with Crippen molar-refractivity contribution in [3.05, 3.63) is 47.8 Å². The zero-order valence-electron chi connectivity index (χ0n) is 12.2. The van der Waals surface area contributed by atoms with Gasteiger partial charge in [0.15, 0.2) is 16.7 Å². The van der Waals surface area contributed by atoms with E-state index in [1.54, 1.807) is 18.2 Å². The van der Waals surface area contributed by atoms with E-state index in [1.807, 2.05) is 0 Å². The number of nitrogens with zero attached hydrogens (tertiary/aromatic N) is 2. The van der Waals surface area contributed by atoms with Crippen LogP contribution in [0.4, 0.5) is 18.9 Å². The minimum absolute atomic E-state index is 0.0566. The summed E-state index contributed by atoms with van der Waals surface area (Å²) in [5.41, 5.74) is -1.71. The topological polar surface area (TPSA) is 84.2 Å². The van der Waals surface area contributed by atoms with Crippen LogP contribution in [0.2, 0.25) is 0 Å². The largest absolute Gasteiger partial charge is 0.478 e. The number of carbonyl (C=O) groups is 1. The number of aromatic nitrogens is 2. The van der Waals surface area contributed by atoms with Crippen molar-refractivity contribution in [3.63, 3.8) is 0 Å². The van der Waals surface area contributed by atoms with E-state index in [0.717, 1.165) is 0 Å². The molecular formula is C15H8F3N3O3S. The van der Waals surface area contributed by atoms with Gasteiger partial charge in [0.1, 0.15) is 5.56 Å². The maximum atomic E-state index is 13.4. The number of hydrogen-bond donors (Lipinski definition) is 2. The molecule has 0 fully saturated rings. The zero-order valence-corrected chi connectivity index (χ0v) is 13.0. The summed E-state index contributed by atoms with van der Waals surface area (Å²) in [4.78, 5) is 11.6. The Morgan fingerprint density at radius 1 is 1.24 bits per heavy atom. The fraction of sp³-hybridized carbons (Fsp3) is 0.0667. The summed E-state index contributed by atoms with van der Waals surface area (Å²) in [6.45, 7) is 0. The number of carboxylic acid groups (broad SMARTS) is 1. The highest BCUT2D eigenvalue weighted by Crippen LogP contribution is 2.40. The molecule has 10 heteroatoms. The summed E-state index contributed by atoms with van der Waals surface area (Å²) in [6, 6.07) is 7.64. The quantitative estimate of drug-likeness (QED) is 0.729. The maximum Gasteiger partial charge on any atom is 0.434 e. The Kier molecular flexibility index (Phi) is 3.16. The van der Waals surface area contributed by atoms with Crippen molar-refractivity contribution in [3.8, 4) is 5.69 Å². The average Bonchev–Trinajstić information content (AvgIpc) is 3.11. The van der Waals surface area contributed by atoms with E-state index >= 15 is 0 Å². The average molecular weight is 367 g/mol. The minimum Gasteiger partial charge on any atom is -0.478 e. The summed E-state index contributed by atoms with van der Waals surface area (Å²) in [5, 5.41) is 13.6. The fourth-order valence-electron chi connectivity index (χ4n) is 2.90. The second kappa shape index (κ2) is 5.06. The van der Waals surface area contributed by atoms with Crippen LogP contribution in [-0.2, 0) is 17.2 Å². The zero-order chi connectivity index (χ0) is 17.9. The molecule has 3 aromatic rings. The van der Waals surface area contributed by atoms with Crippen molar-refractivity contribution in [2.75, 3.05) is 4.72 Å². The Hall–Kier alpha value is -2.88. The number of carboxylic acids is 1. The standard InChI is InChI=1S/C15H8F3N3O3S/c16-15(17,18)13-8(14(22)23)6-19-21(13)10-5-4-9-12-7(10)2-1-3-11(12)25(24)20-9/h1-6,20H,(H,22,23). The Labute approximate surface area is 140 Å². The monoisotopic (exact) mass is 367 g/mol. The molecule has 2 N–H and O–H groups in total. The third-order valence-electron chi connectivity index (χ3n) is 3.88. The Morgan fingerprint density at radius 2 is 2.00 bits per heavy atom. The van der Waals surface area contributed by atoms with Crippen molar-refractivity contribution in [2.24, 2.45) is 0 Å². The number of benzene rings is 2. The van der Waals surface area contributed by atoms with E-state index in [-0.39, 0.29) is 5.69 Å². The highest BCUT2D eigenvalue weighted by Gasteiger charge is 2.41. The predicted octanol–water partition coefficient (Wildman–Crippen LogP) is 3.19. The van der Waals surface area contributed by atoms with E-state index in [0.29, 0.717) is 32.2 Å². The number of aromatic carboxylic acids is 1. The Balaban J connectivity index is 2.07. The fourth-order valence-corrected chi connectivity index (χ4v) is 3.98. The van der Waals surface area contributed by atoms with Crippen LogP contribution in [-0.4, -0.2) is 25.1 Å². The molecule has 0 spiro atoms. The number of alkyl halides is 3.